The number of nitrogens with zero attached hydrogens (tertiary/aromatic N) is 3. The standard InChI is InChI=1S/C24H30N4O5/c1-5-32-21-8-7-16(13-22(21)33-6-2)23(29)25-17-14-19-20(27(4)24(30)26(19)3)15-18(17)28-9-11-31-12-10-28/h7-8,13-15H,5-6,9-12H2,1-4H3,(H,25,29). The van der Waals surface area contributed by atoms with Gasteiger partial charge in [-0.05, 0) is 44.2 Å². The van der Waals surface area contributed by atoms with E-state index >= 15 is 0 Å². The molecule has 1 aliphatic heterocycles. The number of carbonyl (C=O) groups excluding carboxylic acids is 1. The second-order valence-corrected chi connectivity index (χ2v) is 7.84. The fraction of sp³-hybridized carbons (Fsp3) is 0.417. The highest BCUT2D eigenvalue weighted by Crippen LogP contribution is 2.33. The topological polar surface area (TPSA) is 87.0 Å². The van der Waals surface area contributed by atoms with E-state index in [4.69, 9.17) is 14.2 Å². The number of imidazole rings is 1. The Morgan fingerprint density at radius 2 is 1.61 bits per heavy atom. The summed E-state index contributed by atoms with van der Waals surface area (Å²) in [6.45, 7) is 7.37. The van der Waals surface area contributed by atoms with Gasteiger partial charge in [-0.1, -0.05) is 0 Å². The number of nitrogens with one attached hydrogen (secondary N) is 1. The lowest BCUT2D eigenvalue weighted by Gasteiger charge is -2.30. The molecule has 0 radical (unpaired) electrons. The van der Waals surface area contributed by atoms with Crippen molar-refractivity contribution in [1.29, 1.82) is 0 Å². The summed E-state index contributed by atoms with van der Waals surface area (Å²) in [7, 11) is 3.48. The van der Waals surface area contributed by atoms with E-state index in [1.54, 1.807) is 41.4 Å². The molecular weight excluding hydrogens is 424 g/mol. The fourth-order valence-electron chi connectivity index (χ4n) is 4.09. The molecule has 2 aromatic carbocycles. The number of aryl methyl sites for hydroxylation is 2. The van der Waals surface area contributed by atoms with E-state index in [1.807, 2.05) is 26.0 Å². The molecule has 9 nitrogen and oxygen atoms in total. The smallest absolute Gasteiger partial charge is 0.328 e. The Labute approximate surface area is 192 Å². The lowest BCUT2D eigenvalue weighted by atomic mass is 10.1. The van der Waals surface area contributed by atoms with Crippen LogP contribution in [0.25, 0.3) is 11.0 Å². The van der Waals surface area contributed by atoms with Crippen LogP contribution in [0.15, 0.2) is 35.1 Å². The minimum atomic E-state index is -0.270. The van der Waals surface area contributed by atoms with Crippen LogP contribution < -0.4 is 25.4 Å². The highest BCUT2D eigenvalue weighted by Gasteiger charge is 2.21. The van der Waals surface area contributed by atoms with Gasteiger partial charge in [-0.2, -0.15) is 0 Å². The molecule has 9 heteroatoms. The SMILES string of the molecule is CCOc1ccc(C(=O)Nc2cc3c(cc2N2CCOCC2)n(C)c(=O)n3C)cc1OCC. The van der Waals surface area contributed by atoms with Crippen molar-refractivity contribution in [1.82, 2.24) is 9.13 Å². The molecule has 0 atom stereocenters. The molecule has 1 N–H and O–H groups in total. The third kappa shape index (κ3) is 4.41. The van der Waals surface area contributed by atoms with Crippen molar-refractivity contribution in [3.8, 4) is 11.5 Å². The van der Waals surface area contributed by atoms with Crippen LogP contribution in [0.5, 0.6) is 11.5 Å². The van der Waals surface area contributed by atoms with Crippen molar-refractivity contribution in [3.05, 3.63) is 46.4 Å². The molecule has 1 aliphatic rings. The summed E-state index contributed by atoms with van der Waals surface area (Å²) in [6, 6.07) is 8.97. The Bertz CT molecular complexity index is 1220. The number of hydrogen-bond donors (Lipinski definition) is 1. The average molecular weight is 455 g/mol. The summed E-state index contributed by atoms with van der Waals surface area (Å²) in [5, 5.41) is 3.05. The highest BCUT2D eigenvalue weighted by atomic mass is 16.5. The third-order valence-corrected chi connectivity index (χ3v) is 5.80. The monoisotopic (exact) mass is 454 g/mol. The predicted molar refractivity (Wildman–Crippen MR) is 128 cm³/mol. The number of aromatic nitrogens is 2. The second kappa shape index (κ2) is 9.58. The van der Waals surface area contributed by atoms with Gasteiger partial charge in [0.2, 0.25) is 0 Å². The van der Waals surface area contributed by atoms with Gasteiger partial charge in [0.25, 0.3) is 5.91 Å². The Morgan fingerprint density at radius 1 is 0.970 bits per heavy atom. The van der Waals surface area contributed by atoms with Crippen LogP contribution in [-0.2, 0) is 18.8 Å². The average Bonchev–Trinajstić information content (AvgIpc) is 3.04. The zero-order chi connectivity index (χ0) is 23.5. The van der Waals surface area contributed by atoms with Gasteiger partial charge in [0.1, 0.15) is 0 Å². The number of hydrogen-bond acceptors (Lipinski definition) is 6. The summed E-state index contributed by atoms with van der Waals surface area (Å²) < 4.78 is 20.0. The number of morpholine rings is 1. The van der Waals surface area contributed by atoms with Crippen LogP contribution in [-0.4, -0.2) is 54.6 Å². The Morgan fingerprint density at radius 3 is 2.27 bits per heavy atom. The Balaban J connectivity index is 1.74. The van der Waals surface area contributed by atoms with E-state index in [-0.39, 0.29) is 11.6 Å². The maximum absolute atomic E-state index is 13.2. The minimum Gasteiger partial charge on any atom is -0.490 e. The molecule has 4 rings (SSSR count). The molecule has 33 heavy (non-hydrogen) atoms. The van der Waals surface area contributed by atoms with Gasteiger partial charge in [-0.25, -0.2) is 4.79 Å². The van der Waals surface area contributed by atoms with Gasteiger partial charge in [-0.15, -0.1) is 0 Å². The first-order valence-electron chi connectivity index (χ1n) is 11.2. The number of fused-ring (bicyclic) bond motifs is 1. The molecule has 1 aromatic heterocycles. The second-order valence-electron chi connectivity index (χ2n) is 7.84. The van der Waals surface area contributed by atoms with E-state index in [1.165, 1.54) is 0 Å². The first-order valence-corrected chi connectivity index (χ1v) is 11.2. The molecule has 0 saturated carbocycles. The molecular formula is C24H30N4O5. The van der Waals surface area contributed by atoms with E-state index in [2.05, 4.69) is 10.2 Å². The molecule has 0 aliphatic carbocycles. The molecule has 1 amide bonds. The van der Waals surface area contributed by atoms with Crippen LogP contribution in [0.4, 0.5) is 11.4 Å². The Kier molecular flexibility index (Phi) is 6.60. The van der Waals surface area contributed by atoms with Crippen LogP contribution in [0.1, 0.15) is 24.2 Å². The normalized spacial score (nSPS) is 13.9. The van der Waals surface area contributed by atoms with Crippen molar-refractivity contribution in [3.63, 3.8) is 0 Å². The Hall–Kier alpha value is -3.46. The van der Waals surface area contributed by atoms with Crippen molar-refractivity contribution < 1.29 is 19.0 Å². The summed E-state index contributed by atoms with van der Waals surface area (Å²) in [5.74, 6) is 0.862. The van der Waals surface area contributed by atoms with Gasteiger partial charge in [0, 0.05) is 32.7 Å². The van der Waals surface area contributed by atoms with Crippen LogP contribution >= 0.6 is 0 Å². The molecule has 0 spiro atoms. The molecule has 1 saturated heterocycles. The number of anilines is 2. The highest BCUT2D eigenvalue weighted by molar-refractivity contribution is 6.07. The zero-order valence-corrected chi connectivity index (χ0v) is 19.5. The molecule has 0 unspecified atom stereocenters. The third-order valence-electron chi connectivity index (χ3n) is 5.80. The van der Waals surface area contributed by atoms with Crippen molar-refractivity contribution in [2.75, 3.05) is 49.7 Å². The summed E-state index contributed by atoms with van der Waals surface area (Å²) >= 11 is 0. The number of amides is 1. The number of carbonyl (C=O) groups is 1. The van der Waals surface area contributed by atoms with E-state index in [9.17, 15) is 9.59 Å². The van der Waals surface area contributed by atoms with E-state index in [0.29, 0.717) is 62.3 Å². The molecule has 3 aromatic rings. The zero-order valence-electron chi connectivity index (χ0n) is 19.5. The number of ether oxygens (including phenoxy) is 3. The van der Waals surface area contributed by atoms with Crippen LogP contribution in [0.2, 0.25) is 0 Å². The van der Waals surface area contributed by atoms with Gasteiger partial charge in [0.15, 0.2) is 11.5 Å². The summed E-state index contributed by atoms with van der Waals surface area (Å²) in [6.07, 6.45) is 0. The van der Waals surface area contributed by atoms with Crippen molar-refractivity contribution in [2.45, 2.75) is 13.8 Å². The van der Waals surface area contributed by atoms with E-state index in [0.717, 1.165) is 16.7 Å². The molecule has 1 fully saturated rings. The summed E-state index contributed by atoms with van der Waals surface area (Å²) in [5.41, 5.74) is 3.39. The minimum absolute atomic E-state index is 0.116. The summed E-state index contributed by atoms with van der Waals surface area (Å²) in [4.78, 5) is 27.9. The molecule has 176 valence electrons. The van der Waals surface area contributed by atoms with Crippen LogP contribution in [0.3, 0.4) is 0 Å². The maximum atomic E-state index is 13.2. The first kappa shape index (κ1) is 22.7. The first-order chi connectivity index (χ1) is 15.9. The van der Waals surface area contributed by atoms with Crippen LogP contribution in [0, 0.1) is 0 Å². The van der Waals surface area contributed by atoms with Gasteiger partial charge in [0.05, 0.1) is 48.8 Å². The lowest BCUT2D eigenvalue weighted by Crippen LogP contribution is -2.36. The molecule has 2 heterocycles. The lowest BCUT2D eigenvalue weighted by molar-refractivity contribution is 0.102. The van der Waals surface area contributed by atoms with Crippen molar-refractivity contribution >= 4 is 28.3 Å². The predicted octanol–water partition coefficient (Wildman–Crippen LogP) is 2.76. The fourth-order valence-corrected chi connectivity index (χ4v) is 4.09. The number of rotatable bonds is 7. The van der Waals surface area contributed by atoms with Gasteiger partial charge in [-0.3, -0.25) is 13.9 Å². The van der Waals surface area contributed by atoms with Crippen molar-refractivity contribution in [2.24, 2.45) is 14.1 Å². The van der Waals surface area contributed by atoms with Gasteiger partial charge >= 0.3 is 5.69 Å². The van der Waals surface area contributed by atoms with Gasteiger partial charge < -0.3 is 24.4 Å². The largest absolute Gasteiger partial charge is 0.490 e. The maximum Gasteiger partial charge on any atom is 0.328 e. The molecule has 0 bridgehead atoms. The quantitative estimate of drug-likeness (QED) is 0.591. The number of benzene rings is 2. The van der Waals surface area contributed by atoms with E-state index < -0.39 is 0 Å².